The fourth-order valence-electron chi connectivity index (χ4n) is 14.1. The van der Waals surface area contributed by atoms with Crippen molar-refractivity contribution >= 4 is 5.78 Å². The van der Waals surface area contributed by atoms with Gasteiger partial charge in [-0.3, -0.25) is 4.79 Å². The molecule has 0 amide bonds. The molecule has 23 nitrogen and oxygen atoms in total. The molecule has 3 saturated carbocycles. The molecule has 420 valence electrons. The van der Waals surface area contributed by atoms with E-state index in [1.54, 1.807) is 0 Å². The highest BCUT2D eigenvalue weighted by Gasteiger charge is 2.64. The number of Topliss-reactive ketones (excluding diaryl/α,β-unsaturated/α-hetero) is 1. The number of hydrogen-bond acceptors (Lipinski definition) is 23. The molecule has 28 unspecified atom stereocenters. The molecule has 28 atom stereocenters. The minimum atomic E-state index is -2.00. The number of rotatable bonds is 17. The third-order valence-corrected chi connectivity index (χ3v) is 18.2. The van der Waals surface area contributed by atoms with Gasteiger partial charge in [0.1, 0.15) is 103 Å². The van der Waals surface area contributed by atoms with E-state index in [4.69, 9.17) is 37.9 Å². The molecule has 0 aromatic heterocycles. The first kappa shape index (κ1) is 57.7. The summed E-state index contributed by atoms with van der Waals surface area (Å²) in [5.74, 6) is 0.847. The third kappa shape index (κ3) is 10.9. The average Bonchev–Trinajstić information content (AvgIpc) is 3.64. The van der Waals surface area contributed by atoms with Crippen LogP contribution in [0.5, 0.6) is 0 Å². The predicted octanol–water partition coefficient (Wildman–Crippen LogP) is -3.55. The smallest absolute Gasteiger partial charge is 0.187 e. The van der Waals surface area contributed by atoms with Gasteiger partial charge in [0.2, 0.25) is 0 Å². The van der Waals surface area contributed by atoms with Crippen LogP contribution in [0.25, 0.3) is 0 Å². The van der Waals surface area contributed by atoms with Gasteiger partial charge in [0.25, 0.3) is 0 Å². The Morgan fingerprint density at radius 2 is 1.21 bits per heavy atom. The molecule has 4 saturated heterocycles. The molecule has 0 aromatic rings. The van der Waals surface area contributed by atoms with E-state index >= 15 is 0 Å². The second kappa shape index (κ2) is 23.5. The van der Waals surface area contributed by atoms with Gasteiger partial charge in [0.05, 0.1) is 32.5 Å². The number of allylic oxidation sites excluding steroid dienone is 1. The lowest BCUT2D eigenvalue weighted by atomic mass is 9.46. The maximum Gasteiger partial charge on any atom is 0.187 e. The van der Waals surface area contributed by atoms with Gasteiger partial charge in [0.15, 0.2) is 25.2 Å². The van der Waals surface area contributed by atoms with Gasteiger partial charge in [-0.2, -0.15) is 0 Å². The maximum absolute atomic E-state index is 14.1. The second-order valence-corrected chi connectivity index (χ2v) is 23.0. The van der Waals surface area contributed by atoms with Crippen LogP contribution in [0.1, 0.15) is 85.5 Å². The van der Waals surface area contributed by atoms with Crippen molar-refractivity contribution < 1.29 is 114 Å². The van der Waals surface area contributed by atoms with Gasteiger partial charge in [0, 0.05) is 18.9 Å². The van der Waals surface area contributed by atoms with Crippen LogP contribution >= 0.6 is 0 Å². The highest BCUT2D eigenvalue weighted by Crippen LogP contribution is 2.66. The van der Waals surface area contributed by atoms with E-state index in [0.717, 1.165) is 37.7 Å². The zero-order valence-corrected chi connectivity index (χ0v) is 42.0. The van der Waals surface area contributed by atoms with Crippen LogP contribution in [0.15, 0.2) is 11.6 Å². The predicted molar refractivity (Wildman–Crippen MR) is 247 cm³/mol. The summed E-state index contributed by atoms with van der Waals surface area (Å²) in [5.41, 5.74) is -0.0409. The summed E-state index contributed by atoms with van der Waals surface area (Å²) < 4.78 is 47.2. The van der Waals surface area contributed by atoms with E-state index < -0.39 is 161 Å². The van der Waals surface area contributed by atoms with E-state index in [0.29, 0.717) is 25.2 Å². The largest absolute Gasteiger partial charge is 0.396 e. The van der Waals surface area contributed by atoms with Gasteiger partial charge in [-0.05, 0) is 84.5 Å². The van der Waals surface area contributed by atoms with Crippen LogP contribution in [-0.2, 0) is 42.7 Å². The summed E-state index contributed by atoms with van der Waals surface area (Å²) in [4.78, 5) is 14.1. The number of ketones is 1. The summed E-state index contributed by atoms with van der Waals surface area (Å²) in [5, 5.41) is 151. The summed E-state index contributed by atoms with van der Waals surface area (Å²) >= 11 is 0. The van der Waals surface area contributed by atoms with E-state index in [1.807, 2.05) is 6.08 Å². The first-order valence-corrected chi connectivity index (χ1v) is 26.3. The molecular weight excluding hydrogens is 969 g/mol. The Kier molecular flexibility index (Phi) is 18.6. The average molecular weight is 1050 g/mol. The van der Waals surface area contributed by atoms with Crippen molar-refractivity contribution in [3.8, 4) is 0 Å². The Bertz CT molecular complexity index is 1860. The molecule has 4 heterocycles. The maximum atomic E-state index is 14.1. The van der Waals surface area contributed by atoms with Gasteiger partial charge in [-0.25, -0.2) is 0 Å². The van der Waals surface area contributed by atoms with E-state index in [-0.39, 0.29) is 53.8 Å². The van der Waals surface area contributed by atoms with Crippen LogP contribution < -0.4 is 0 Å². The molecule has 8 rings (SSSR count). The van der Waals surface area contributed by atoms with Crippen LogP contribution in [0.2, 0.25) is 0 Å². The minimum absolute atomic E-state index is 0.0395. The summed E-state index contributed by atoms with van der Waals surface area (Å²) in [6, 6.07) is 0. The van der Waals surface area contributed by atoms with Crippen molar-refractivity contribution in [1.29, 1.82) is 0 Å². The number of carbonyl (C=O) groups excluding carboxylic acids is 1. The van der Waals surface area contributed by atoms with Gasteiger partial charge < -0.3 is 109 Å². The number of ether oxygens (including phenoxy) is 8. The molecule has 0 bridgehead atoms. The molecule has 0 aromatic carbocycles. The number of aliphatic hydroxyl groups is 14. The van der Waals surface area contributed by atoms with E-state index in [2.05, 4.69) is 27.7 Å². The van der Waals surface area contributed by atoms with Gasteiger partial charge in [-0.1, -0.05) is 46.6 Å². The molecule has 4 aliphatic carbocycles. The minimum Gasteiger partial charge on any atom is -0.396 e. The Morgan fingerprint density at radius 1 is 0.644 bits per heavy atom. The lowest BCUT2D eigenvalue weighted by molar-refractivity contribution is -0.392. The second-order valence-electron chi connectivity index (χ2n) is 23.0. The standard InChI is InChI=1S/C50H82O23/c1-20(2)6-5-7-21(15-51)25-14-26(55)32-22-8-9-24-33(57)28(11-13-49(24,3)23(22)10-12-50(25,32)4)67-48-41(65)44(43(31(18-54)70-48)72-47-39(63)37(61)35(59)30(17-53)69-47)73-45-40(64)42(27(56)19-66-45)71-46-38(62)36(60)34(58)29(16-52)68-46/h9,20-23,25,27-48,51-54,56-65H,5-8,10-19H2,1-4H3. The molecule has 73 heavy (non-hydrogen) atoms. The Morgan fingerprint density at radius 3 is 1.79 bits per heavy atom. The molecule has 0 spiro atoms. The van der Waals surface area contributed by atoms with Crippen molar-refractivity contribution in [2.75, 3.05) is 33.0 Å². The first-order chi connectivity index (χ1) is 34.6. The SMILES string of the molecule is CC(C)CCCC(CO)C1CC(=O)C2C3CC=C4C(O)C(OC5OC(CO)C(OC6OC(CO)C(O)C(O)C6O)C(OC6OCC(O)C(OC7OC(CO)C(O)C(O)C7O)C6O)C5O)CCC4(C)C3CCC12C. The summed E-state index contributed by atoms with van der Waals surface area (Å²) in [7, 11) is 0. The monoisotopic (exact) mass is 1050 g/mol. The number of fused-ring (bicyclic) bond motifs is 5. The lowest BCUT2D eigenvalue weighted by Gasteiger charge is -2.59. The first-order valence-electron chi connectivity index (χ1n) is 26.3. The zero-order chi connectivity index (χ0) is 53.0. The molecule has 0 radical (unpaired) electrons. The van der Waals surface area contributed by atoms with Crippen molar-refractivity contribution in [2.24, 2.45) is 46.3 Å². The van der Waals surface area contributed by atoms with Gasteiger partial charge >= 0.3 is 0 Å². The Hall–Kier alpha value is -1.47. The van der Waals surface area contributed by atoms with E-state index in [1.165, 1.54) is 0 Å². The Balaban J connectivity index is 1.01. The number of carbonyl (C=O) groups is 1. The summed E-state index contributed by atoms with van der Waals surface area (Å²) in [6.07, 6.45) is -27.4. The lowest BCUT2D eigenvalue weighted by Crippen LogP contribution is -2.67. The molecule has 4 aliphatic heterocycles. The topological polar surface area (TPSA) is 374 Å². The van der Waals surface area contributed by atoms with Crippen molar-refractivity contribution in [3.63, 3.8) is 0 Å². The Labute approximate surface area is 424 Å². The van der Waals surface area contributed by atoms with Crippen molar-refractivity contribution in [1.82, 2.24) is 0 Å². The zero-order valence-electron chi connectivity index (χ0n) is 42.0. The van der Waals surface area contributed by atoms with Crippen molar-refractivity contribution in [2.45, 2.75) is 214 Å². The van der Waals surface area contributed by atoms with Crippen LogP contribution in [0.4, 0.5) is 0 Å². The fraction of sp³-hybridized carbons (Fsp3) is 0.940. The van der Waals surface area contributed by atoms with E-state index in [9.17, 15) is 76.3 Å². The highest BCUT2D eigenvalue weighted by molar-refractivity contribution is 5.85. The van der Waals surface area contributed by atoms with Crippen LogP contribution in [-0.4, -0.2) is 239 Å². The van der Waals surface area contributed by atoms with Crippen LogP contribution in [0, 0.1) is 46.3 Å². The molecule has 14 N–H and O–H groups in total. The molecule has 23 heteroatoms. The highest BCUT2D eigenvalue weighted by atomic mass is 16.8. The molecule has 8 aliphatic rings. The van der Waals surface area contributed by atoms with Gasteiger partial charge in [-0.15, -0.1) is 0 Å². The summed E-state index contributed by atoms with van der Waals surface area (Å²) in [6.45, 7) is 5.67. The van der Waals surface area contributed by atoms with Crippen molar-refractivity contribution in [3.05, 3.63) is 11.6 Å². The fourth-order valence-corrected chi connectivity index (χ4v) is 14.1. The quantitative estimate of drug-likeness (QED) is 0.0627. The third-order valence-electron chi connectivity index (χ3n) is 18.2. The normalized spacial score (nSPS) is 50.8. The molecular formula is C50H82O23. The number of hydrogen-bond donors (Lipinski definition) is 14. The number of aliphatic hydroxyl groups excluding tert-OH is 14. The molecule has 7 fully saturated rings. The van der Waals surface area contributed by atoms with Crippen LogP contribution in [0.3, 0.4) is 0 Å².